The third-order valence-corrected chi connectivity index (χ3v) is 7.41. The molecule has 216 valence electrons. The molecular formula is C25H23ClF3IN8O2S. The lowest BCUT2D eigenvalue weighted by atomic mass is 10.1. The van der Waals surface area contributed by atoms with Crippen molar-refractivity contribution in [2.75, 3.05) is 17.3 Å². The number of hydrogen-bond donors (Lipinski definition) is 2. The Morgan fingerprint density at radius 1 is 1.22 bits per heavy atom. The van der Waals surface area contributed by atoms with Gasteiger partial charge < -0.3 is 10.6 Å². The maximum atomic E-state index is 13.7. The van der Waals surface area contributed by atoms with Gasteiger partial charge in [-0.25, -0.2) is 14.3 Å². The third-order valence-electron chi connectivity index (χ3n) is 5.66. The molecule has 1 atom stereocenters. The summed E-state index contributed by atoms with van der Waals surface area (Å²) in [6, 6.07) is 7.93. The van der Waals surface area contributed by atoms with E-state index in [9.17, 15) is 22.8 Å². The Labute approximate surface area is 255 Å². The van der Waals surface area contributed by atoms with E-state index in [1.807, 2.05) is 19.2 Å². The van der Waals surface area contributed by atoms with E-state index in [1.165, 1.54) is 16.9 Å². The van der Waals surface area contributed by atoms with Crippen LogP contribution in [-0.2, 0) is 12.7 Å². The lowest BCUT2D eigenvalue weighted by Gasteiger charge is -2.18. The van der Waals surface area contributed by atoms with Crippen LogP contribution in [0.1, 0.15) is 44.7 Å². The van der Waals surface area contributed by atoms with E-state index in [0.29, 0.717) is 17.0 Å². The van der Waals surface area contributed by atoms with Gasteiger partial charge in [0.1, 0.15) is 5.69 Å². The van der Waals surface area contributed by atoms with Crippen molar-refractivity contribution in [1.29, 1.82) is 0 Å². The number of aromatic nitrogens is 6. The first kappa shape index (κ1) is 30.8. The first-order valence-electron chi connectivity index (χ1n) is 12.0. The van der Waals surface area contributed by atoms with Crippen LogP contribution >= 0.6 is 46.0 Å². The fraction of sp³-hybridized carbons (Fsp3) is 0.280. The molecule has 2 amide bonds. The fourth-order valence-corrected chi connectivity index (χ4v) is 5.46. The molecule has 3 aromatic heterocycles. The summed E-state index contributed by atoms with van der Waals surface area (Å²) < 4.78 is 42.0. The molecule has 0 fully saturated rings. The second kappa shape index (κ2) is 12.8. The number of rotatable bonds is 9. The summed E-state index contributed by atoms with van der Waals surface area (Å²) in [6.45, 7) is 3.43. The van der Waals surface area contributed by atoms with Crippen LogP contribution in [0.15, 0.2) is 42.7 Å². The maximum absolute atomic E-state index is 13.7. The number of anilines is 1. The van der Waals surface area contributed by atoms with Gasteiger partial charge in [0.25, 0.3) is 11.8 Å². The highest BCUT2D eigenvalue weighted by molar-refractivity contribution is 14.1. The number of carbonyl (C=O) groups excluding carboxylic acids is 2. The van der Waals surface area contributed by atoms with Crippen molar-refractivity contribution in [2.24, 2.45) is 0 Å². The molecule has 3 heterocycles. The number of amides is 2. The van der Waals surface area contributed by atoms with E-state index >= 15 is 0 Å². The standard InChI is InChI=1S/C25H23ClF3IN8O2S/c1-13-7-15(30)8-17(23(39)32-14(2)12-41-3)21(13)33-24(40)19-9-16(10-37-11-20(34-36-37)25(27,28)29)35-38(19)22-18(26)5-4-6-31-22/h4-9,11,14H,10,12H2,1-3H3,(H,32,39)(H,33,40)/t14-/m0/s1. The molecule has 4 aromatic rings. The molecule has 0 bridgehead atoms. The molecule has 1 aromatic carbocycles. The molecule has 0 aliphatic carbocycles. The van der Waals surface area contributed by atoms with Crippen molar-refractivity contribution < 1.29 is 22.8 Å². The van der Waals surface area contributed by atoms with Gasteiger partial charge in [-0.05, 0) is 78.6 Å². The number of nitrogens with one attached hydrogen (secondary N) is 2. The zero-order chi connectivity index (χ0) is 29.9. The number of nitrogens with zero attached hydrogens (tertiary/aromatic N) is 6. The number of hydrogen-bond acceptors (Lipinski definition) is 7. The molecule has 0 aliphatic rings. The van der Waals surface area contributed by atoms with Gasteiger partial charge in [0.15, 0.2) is 11.5 Å². The zero-order valence-electron chi connectivity index (χ0n) is 21.8. The number of benzene rings is 1. The molecule has 10 nitrogen and oxygen atoms in total. The van der Waals surface area contributed by atoms with E-state index in [2.05, 4.69) is 53.6 Å². The lowest BCUT2D eigenvalue weighted by molar-refractivity contribution is -0.141. The van der Waals surface area contributed by atoms with Crippen LogP contribution in [0.5, 0.6) is 0 Å². The number of halogens is 5. The summed E-state index contributed by atoms with van der Waals surface area (Å²) >= 11 is 10.0. The number of carbonyl (C=O) groups is 2. The molecule has 0 unspecified atom stereocenters. The van der Waals surface area contributed by atoms with Crippen LogP contribution < -0.4 is 10.6 Å². The fourth-order valence-electron chi connectivity index (χ4n) is 3.89. The largest absolute Gasteiger partial charge is 0.436 e. The van der Waals surface area contributed by atoms with Crippen molar-refractivity contribution in [2.45, 2.75) is 32.6 Å². The average Bonchev–Trinajstić information content (AvgIpc) is 3.53. The maximum Gasteiger partial charge on any atom is 0.436 e. The number of aryl methyl sites for hydroxylation is 1. The normalized spacial score (nSPS) is 12.3. The molecular weight excluding hydrogens is 696 g/mol. The monoisotopic (exact) mass is 718 g/mol. The Morgan fingerprint density at radius 2 is 1.98 bits per heavy atom. The van der Waals surface area contributed by atoms with Gasteiger partial charge in [0.05, 0.1) is 34.7 Å². The Balaban J connectivity index is 1.71. The van der Waals surface area contributed by atoms with Crippen molar-refractivity contribution >= 4 is 63.5 Å². The number of alkyl halides is 3. The lowest BCUT2D eigenvalue weighted by Crippen LogP contribution is -2.35. The Hall–Kier alpha value is -3.18. The summed E-state index contributed by atoms with van der Waals surface area (Å²) in [5.74, 6) is -0.157. The van der Waals surface area contributed by atoms with Crippen LogP contribution in [0.3, 0.4) is 0 Å². The first-order chi connectivity index (χ1) is 19.4. The minimum atomic E-state index is -4.66. The number of thioether (sulfide) groups is 1. The molecule has 0 radical (unpaired) electrons. The van der Waals surface area contributed by atoms with Gasteiger partial charge in [-0.2, -0.15) is 30.0 Å². The molecule has 16 heteroatoms. The van der Waals surface area contributed by atoms with Crippen LogP contribution in [-0.4, -0.2) is 59.6 Å². The van der Waals surface area contributed by atoms with Gasteiger partial charge in [-0.15, -0.1) is 5.10 Å². The van der Waals surface area contributed by atoms with Crippen LogP contribution in [0.4, 0.5) is 18.9 Å². The molecule has 0 spiro atoms. The van der Waals surface area contributed by atoms with Crippen molar-refractivity contribution in [3.63, 3.8) is 0 Å². The van der Waals surface area contributed by atoms with E-state index in [4.69, 9.17) is 11.6 Å². The topological polar surface area (TPSA) is 120 Å². The highest BCUT2D eigenvalue weighted by Gasteiger charge is 2.34. The van der Waals surface area contributed by atoms with Crippen molar-refractivity contribution in [3.8, 4) is 5.82 Å². The second-order valence-electron chi connectivity index (χ2n) is 8.97. The van der Waals surface area contributed by atoms with E-state index in [-0.39, 0.29) is 46.3 Å². The Kier molecular flexibility index (Phi) is 9.59. The van der Waals surface area contributed by atoms with Crippen LogP contribution in [0, 0.1) is 10.5 Å². The Morgan fingerprint density at radius 3 is 2.63 bits per heavy atom. The van der Waals surface area contributed by atoms with Crippen LogP contribution in [0.25, 0.3) is 5.82 Å². The van der Waals surface area contributed by atoms with Gasteiger partial charge in [-0.3, -0.25) is 9.59 Å². The zero-order valence-corrected chi connectivity index (χ0v) is 25.6. The summed E-state index contributed by atoms with van der Waals surface area (Å²) in [4.78, 5) is 31.1. The average molecular weight is 719 g/mol. The minimum Gasteiger partial charge on any atom is -0.349 e. The molecule has 0 saturated heterocycles. The van der Waals surface area contributed by atoms with E-state index < -0.39 is 17.8 Å². The summed E-state index contributed by atoms with van der Waals surface area (Å²) in [6.07, 6.45) is -0.525. The van der Waals surface area contributed by atoms with Gasteiger partial charge >= 0.3 is 6.18 Å². The number of pyridine rings is 1. The summed E-state index contributed by atoms with van der Waals surface area (Å²) in [5.41, 5.74) is 0.249. The highest BCUT2D eigenvalue weighted by atomic mass is 127. The van der Waals surface area contributed by atoms with Gasteiger partial charge in [-0.1, -0.05) is 16.8 Å². The molecule has 41 heavy (non-hydrogen) atoms. The Bertz CT molecular complexity index is 1590. The van der Waals surface area contributed by atoms with Crippen molar-refractivity contribution in [1.82, 2.24) is 35.1 Å². The molecule has 0 aliphatic heterocycles. The predicted molar refractivity (Wildman–Crippen MR) is 158 cm³/mol. The van der Waals surface area contributed by atoms with Crippen LogP contribution in [0.2, 0.25) is 5.02 Å². The third kappa shape index (κ3) is 7.37. The van der Waals surface area contributed by atoms with E-state index in [1.54, 1.807) is 36.9 Å². The molecule has 0 saturated carbocycles. The summed E-state index contributed by atoms with van der Waals surface area (Å²) in [7, 11) is 0. The van der Waals surface area contributed by atoms with Crippen molar-refractivity contribution in [3.05, 3.63) is 79.5 Å². The first-order valence-corrected chi connectivity index (χ1v) is 14.8. The molecule has 2 N–H and O–H groups in total. The SMILES string of the molecule is CSC[C@H](C)NC(=O)c1cc(I)cc(C)c1NC(=O)c1cc(Cn2cc(C(F)(F)F)nn2)nn1-c1ncccc1Cl. The summed E-state index contributed by atoms with van der Waals surface area (Å²) in [5, 5.41) is 17.0. The molecule has 4 rings (SSSR count). The van der Waals surface area contributed by atoms with E-state index in [0.717, 1.165) is 14.4 Å². The minimum absolute atomic E-state index is 0.0168. The quantitative estimate of drug-likeness (QED) is 0.228. The smallest absolute Gasteiger partial charge is 0.349 e. The second-order valence-corrected chi connectivity index (χ2v) is 11.5. The highest BCUT2D eigenvalue weighted by Crippen LogP contribution is 2.28. The predicted octanol–water partition coefficient (Wildman–Crippen LogP) is 5.23. The van der Waals surface area contributed by atoms with Gasteiger partial charge in [0, 0.05) is 21.6 Å². The van der Waals surface area contributed by atoms with Gasteiger partial charge in [0.2, 0.25) is 0 Å².